The van der Waals surface area contributed by atoms with E-state index in [1.165, 1.54) is 18.6 Å². The predicted molar refractivity (Wildman–Crippen MR) is 155 cm³/mol. The molecule has 0 saturated carbocycles. The zero-order valence-electron chi connectivity index (χ0n) is 21.7. The first-order chi connectivity index (χ1) is 20.1. The van der Waals surface area contributed by atoms with E-state index < -0.39 is 30.2 Å². The number of para-hydroxylation sites is 1. The Kier molecular flexibility index (Phi) is 7.41. The van der Waals surface area contributed by atoms with Gasteiger partial charge in [0, 0.05) is 40.7 Å². The zero-order valence-corrected chi connectivity index (χ0v) is 23.3. The van der Waals surface area contributed by atoms with Crippen LogP contribution in [-0.2, 0) is 13.6 Å². The van der Waals surface area contributed by atoms with E-state index in [1.807, 2.05) is 17.8 Å². The number of rotatable bonds is 6. The number of anilines is 2. The first kappa shape index (κ1) is 28.0. The van der Waals surface area contributed by atoms with Crippen molar-refractivity contribution >= 4 is 56.7 Å². The Bertz CT molecular complexity index is 1910. The number of imide groups is 1. The average molecular weight is 633 g/mol. The second kappa shape index (κ2) is 11.1. The molecular weight excluding hydrogens is 612 g/mol. The molecule has 0 atom stereocenters. The molecule has 212 valence electrons. The molecule has 0 spiro atoms. The number of carbonyl (C=O) groups excluding carboxylic acids is 1. The molecule has 0 bridgehead atoms. The van der Waals surface area contributed by atoms with E-state index in [9.17, 15) is 29.4 Å². The lowest BCUT2D eigenvalue weighted by atomic mass is 10.1. The summed E-state index contributed by atoms with van der Waals surface area (Å²) in [6, 6.07) is 12.6. The zero-order chi connectivity index (χ0) is 30.1. The minimum atomic E-state index is -1.73. The Labute approximate surface area is 244 Å². The fraction of sp³-hybridized carbons (Fsp3) is 0.0741. The number of aryl methyl sites for hydroxylation is 1. The van der Waals surface area contributed by atoms with Crippen LogP contribution in [0.1, 0.15) is 16.1 Å². The maximum absolute atomic E-state index is 13.6. The lowest BCUT2D eigenvalue weighted by Gasteiger charge is -2.20. The second-order valence-electron chi connectivity index (χ2n) is 8.98. The number of nitrogens with two attached hydrogens (primary N) is 1. The lowest BCUT2D eigenvalue weighted by molar-refractivity contribution is 0.102. The molecule has 4 aromatic heterocycles. The summed E-state index contributed by atoms with van der Waals surface area (Å²) >= 11 is 3.28. The van der Waals surface area contributed by atoms with E-state index in [0.29, 0.717) is 28.1 Å². The number of aromatic nitrogens is 5. The average Bonchev–Trinajstić information content (AvgIpc) is 3.31. The summed E-state index contributed by atoms with van der Waals surface area (Å²) in [5, 5.41) is 22.0. The molecule has 0 aliphatic heterocycles. The van der Waals surface area contributed by atoms with Gasteiger partial charge in [0.05, 0.1) is 17.6 Å². The van der Waals surface area contributed by atoms with Gasteiger partial charge >= 0.3 is 12.2 Å². The molecule has 0 radical (unpaired) electrons. The smallest absolute Gasteiger partial charge is 0.417 e. The van der Waals surface area contributed by atoms with Gasteiger partial charge in [0.2, 0.25) is 0 Å². The summed E-state index contributed by atoms with van der Waals surface area (Å²) in [4.78, 5) is 62.7. The third kappa shape index (κ3) is 5.15. The van der Waals surface area contributed by atoms with Gasteiger partial charge < -0.3 is 25.8 Å². The Morgan fingerprint density at radius 1 is 1.05 bits per heavy atom. The predicted octanol–water partition coefficient (Wildman–Crippen LogP) is 3.94. The van der Waals surface area contributed by atoms with Crippen molar-refractivity contribution < 1.29 is 24.6 Å². The van der Waals surface area contributed by atoms with Gasteiger partial charge in [0.15, 0.2) is 0 Å². The molecule has 5 N–H and O–H groups in total. The number of nitrogens with one attached hydrogen (secondary N) is 1. The molecule has 0 fully saturated rings. The summed E-state index contributed by atoms with van der Waals surface area (Å²) in [6.07, 6.45) is 1.30. The Hall–Kier alpha value is -5.57. The van der Waals surface area contributed by atoms with Crippen molar-refractivity contribution in [2.75, 3.05) is 11.1 Å². The standard InChI is InChI=1S/C27H21BrN8O6/c1-34-11-17(21-22(29)31-13-32-23(21)34)14-7-8-20(30-10-14)33-24(37)16-9-18(28)19(12-35(26(39)40)27(41)42)36(25(16)38)15-5-3-2-4-6-15/h2-11,13H,12H2,1H3,(H,39,40)(H,41,42)(H2,29,31,32)(H,30,33,37). The molecule has 5 rings (SSSR count). The lowest BCUT2D eigenvalue weighted by Crippen LogP contribution is -2.37. The number of hydrogen-bond acceptors (Lipinski definition) is 8. The summed E-state index contributed by atoms with van der Waals surface area (Å²) < 4.78 is 3.04. The van der Waals surface area contributed by atoms with E-state index in [0.717, 1.165) is 10.1 Å². The highest BCUT2D eigenvalue weighted by Crippen LogP contribution is 2.32. The SMILES string of the molecule is Cn1cc(-c2ccc(NC(=O)c3cc(Br)c(CN(C(=O)O)C(=O)O)n(-c4ccccc4)c3=O)nc2)c2c(N)ncnc21. The second-order valence-corrected chi connectivity index (χ2v) is 9.83. The van der Waals surface area contributed by atoms with Crippen LogP contribution in [0.4, 0.5) is 21.2 Å². The van der Waals surface area contributed by atoms with Crippen LogP contribution in [0.15, 0.2) is 76.5 Å². The molecule has 0 saturated heterocycles. The number of carbonyl (C=O) groups is 3. The number of nitrogen functional groups attached to an aromatic ring is 1. The van der Waals surface area contributed by atoms with Crippen molar-refractivity contribution in [1.82, 2.24) is 29.0 Å². The van der Waals surface area contributed by atoms with Gasteiger partial charge in [-0.1, -0.05) is 18.2 Å². The number of amides is 3. The minimum absolute atomic E-state index is 0.00775. The van der Waals surface area contributed by atoms with E-state index in [2.05, 4.69) is 36.2 Å². The molecule has 4 heterocycles. The maximum Gasteiger partial charge on any atom is 0.417 e. The third-order valence-electron chi connectivity index (χ3n) is 6.38. The fourth-order valence-electron chi connectivity index (χ4n) is 4.41. The molecular formula is C27H21BrN8O6. The van der Waals surface area contributed by atoms with E-state index in [4.69, 9.17) is 5.73 Å². The Balaban J connectivity index is 1.50. The fourth-order valence-corrected chi connectivity index (χ4v) is 4.94. The van der Waals surface area contributed by atoms with Crippen molar-refractivity contribution in [3.8, 4) is 16.8 Å². The largest absolute Gasteiger partial charge is 0.465 e. The molecule has 14 nitrogen and oxygen atoms in total. The highest BCUT2D eigenvalue weighted by atomic mass is 79.9. The number of benzene rings is 1. The summed E-state index contributed by atoms with van der Waals surface area (Å²) in [5.74, 6) is -0.318. The Morgan fingerprint density at radius 2 is 1.76 bits per heavy atom. The third-order valence-corrected chi connectivity index (χ3v) is 7.06. The number of pyridine rings is 2. The molecule has 42 heavy (non-hydrogen) atoms. The summed E-state index contributed by atoms with van der Waals surface area (Å²) in [5.41, 5.74) is 7.38. The van der Waals surface area contributed by atoms with Crippen molar-refractivity contribution in [2.45, 2.75) is 6.54 Å². The van der Waals surface area contributed by atoms with Crippen molar-refractivity contribution in [3.05, 3.63) is 93.3 Å². The number of fused-ring (bicyclic) bond motifs is 1. The van der Waals surface area contributed by atoms with Crippen LogP contribution >= 0.6 is 15.9 Å². The van der Waals surface area contributed by atoms with Gasteiger partial charge in [-0.05, 0) is 46.3 Å². The summed E-state index contributed by atoms with van der Waals surface area (Å²) in [6.45, 7) is -0.677. The molecule has 3 amide bonds. The molecule has 15 heteroatoms. The molecule has 5 aromatic rings. The normalized spacial score (nSPS) is 10.9. The van der Waals surface area contributed by atoms with Crippen LogP contribution in [0.2, 0.25) is 0 Å². The van der Waals surface area contributed by atoms with Gasteiger partial charge in [-0.2, -0.15) is 0 Å². The first-order valence-electron chi connectivity index (χ1n) is 12.1. The van der Waals surface area contributed by atoms with Crippen molar-refractivity contribution in [1.29, 1.82) is 0 Å². The quantitative estimate of drug-likeness (QED) is 0.212. The molecule has 0 aliphatic rings. The topological polar surface area (TPSA) is 199 Å². The van der Waals surface area contributed by atoms with Crippen molar-refractivity contribution in [3.63, 3.8) is 0 Å². The van der Waals surface area contributed by atoms with Crippen LogP contribution in [-0.4, -0.2) is 57.3 Å². The first-order valence-corrected chi connectivity index (χ1v) is 12.9. The van der Waals surface area contributed by atoms with Crippen LogP contribution in [0.3, 0.4) is 0 Å². The van der Waals surface area contributed by atoms with E-state index in [-0.39, 0.29) is 26.4 Å². The summed E-state index contributed by atoms with van der Waals surface area (Å²) in [7, 11) is 1.83. The number of carboxylic acid groups (broad SMARTS) is 2. The highest BCUT2D eigenvalue weighted by molar-refractivity contribution is 9.10. The van der Waals surface area contributed by atoms with Crippen LogP contribution in [0.5, 0.6) is 0 Å². The minimum Gasteiger partial charge on any atom is -0.465 e. The van der Waals surface area contributed by atoms with E-state index >= 15 is 0 Å². The number of nitrogens with zero attached hydrogens (tertiary/aromatic N) is 6. The van der Waals surface area contributed by atoms with Gasteiger partial charge in [-0.25, -0.2) is 29.4 Å². The molecule has 0 unspecified atom stereocenters. The van der Waals surface area contributed by atoms with Gasteiger partial charge in [-0.15, -0.1) is 0 Å². The van der Waals surface area contributed by atoms with Crippen molar-refractivity contribution in [2.24, 2.45) is 7.05 Å². The van der Waals surface area contributed by atoms with Crippen LogP contribution in [0.25, 0.3) is 27.8 Å². The number of halogens is 1. The monoisotopic (exact) mass is 632 g/mol. The van der Waals surface area contributed by atoms with Gasteiger partial charge in [0.25, 0.3) is 11.5 Å². The molecule has 0 aliphatic carbocycles. The van der Waals surface area contributed by atoms with E-state index in [1.54, 1.807) is 42.5 Å². The van der Waals surface area contributed by atoms with Crippen LogP contribution < -0.4 is 16.6 Å². The maximum atomic E-state index is 13.6. The van der Waals surface area contributed by atoms with Gasteiger partial charge in [-0.3, -0.25) is 14.2 Å². The highest BCUT2D eigenvalue weighted by Gasteiger charge is 2.26. The Morgan fingerprint density at radius 3 is 2.40 bits per heavy atom. The van der Waals surface area contributed by atoms with Crippen LogP contribution in [0, 0.1) is 0 Å². The van der Waals surface area contributed by atoms with Gasteiger partial charge in [0.1, 0.15) is 29.2 Å². The molecule has 1 aromatic carbocycles. The number of hydrogen-bond donors (Lipinski definition) is 4.